The topological polar surface area (TPSA) is 23.8 Å². The molecule has 0 aromatic heterocycles. The zero-order valence-electron chi connectivity index (χ0n) is 8.02. The van der Waals surface area contributed by atoms with Gasteiger partial charge in [-0.15, -0.1) is 6.04 Å². The van der Waals surface area contributed by atoms with Gasteiger partial charge in [-0.25, -0.2) is 0 Å². The highest BCUT2D eigenvalue weighted by molar-refractivity contribution is 5.33. The summed E-state index contributed by atoms with van der Waals surface area (Å²) < 4.78 is 0. The van der Waals surface area contributed by atoms with Crippen molar-refractivity contribution in [2.24, 2.45) is 0 Å². The third kappa shape index (κ3) is 1.86. The molecule has 1 aromatic rings. The molecule has 66 valence electrons. The Hall–Kier alpha value is -0.820. The van der Waals surface area contributed by atoms with Crippen molar-refractivity contribution in [1.29, 1.82) is 0 Å². The van der Waals surface area contributed by atoms with Gasteiger partial charge in [0.05, 0.1) is 0 Å². The fourth-order valence-corrected chi connectivity index (χ4v) is 1.44. The molecular formula is C11H16N-. The van der Waals surface area contributed by atoms with E-state index in [0.29, 0.717) is 0 Å². The van der Waals surface area contributed by atoms with E-state index >= 15 is 0 Å². The predicted octanol–water partition coefficient (Wildman–Crippen LogP) is 3.81. The van der Waals surface area contributed by atoms with Crippen molar-refractivity contribution in [2.75, 3.05) is 0 Å². The van der Waals surface area contributed by atoms with Crippen molar-refractivity contribution in [3.8, 4) is 0 Å². The van der Waals surface area contributed by atoms with Crippen molar-refractivity contribution in [1.82, 2.24) is 0 Å². The van der Waals surface area contributed by atoms with Crippen molar-refractivity contribution >= 4 is 0 Å². The minimum Gasteiger partial charge on any atom is -0.671 e. The molecule has 0 aliphatic heterocycles. The van der Waals surface area contributed by atoms with E-state index in [-0.39, 0.29) is 6.04 Å². The molecule has 0 spiro atoms. The third-order valence-corrected chi connectivity index (χ3v) is 2.21. The maximum atomic E-state index is 7.77. The van der Waals surface area contributed by atoms with Gasteiger partial charge in [-0.05, 0) is 19.4 Å². The van der Waals surface area contributed by atoms with E-state index in [1.165, 1.54) is 16.7 Å². The monoisotopic (exact) mass is 162 g/mol. The predicted molar refractivity (Wildman–Crippen MR) is 53.3 cm³/mol. The second-order valence-corrected chi connectivity index (χ2v) is 3.32. The van der Waals surface area contributed by atoms with Crippen LogP contribution in [0.1, 0.15) is 36.1 Å². The van der Waals surface area contributed by atoms with Crippen LogP contribution in [0.2, 0.25) is 0 Å². The molecule has 1 atom stereocenters. The first-order valence-electron chi connectivity index (χ1n) is 4.43. The summed E-state index contributed by atoms with van der Waals surface area (Å²) in [7, 11) is 0. The molecule has 0 heterocycles. The SMILES string of the molecule is CCC([NH-])c1ccc(C)cc1C. The van der Waals surface area contributed by atoms with E-state index in [2.05, 4.69) is 39.0 Å². The minimum atomic E-state index is -0.0504. The quantitative estimate of drug-likeness (QED) is 0.631. The Labute approximate surface area is 74.6 Å². The maximum Gasteiger partial charge on any atom is -0.0395 e. The van der Waals surface area contributed by atoms with E-state index < -0.39 is 0 Å². The van der Waals surface area contributed by atoms with Gasteiger partial charge in [-0.3, -0.25) is 0 Å². The Kier molecular flexibility index (Phi) is 2.88. The molecule has 0 aliphatic rings. The molecule has 1 aromatic carbocycles. The molecule has 1 nitrogen and oxygen atoms in total. The molecule has 0 amide bonds. The molecular weight excluding hydrogens is 146 g/mol. The fourth-order valence-electron chi connectivity index (χ4n) is 1.44. The lowest BCUT2D eigenvalue weighted by Crippen LogP contribution is -1.94. The second kappa shape index (κ2) is 3.72. The standard InChI is InChI=1S/C11H16N/c1-4-11(12)10-6-5-8(2)7-9(10)3/h5-7,11-12H,4H2,1-3H3/q-1. The van der Waals surface area contributed by atoms with E-state index in [1.54, 1.807) is 0 Å². The van der Waals surface area contributed by atoms with Crippen molar-refractivity contribution in [2.45, 2.75) is 33.2 Å². The average Bonchev–Trinajstić information content (AvgIpc) is 2.03. The van der Waals surface area contributed by atoms with Crippen molar-refractivity contribution in [3.63, 3.8) is 0 Å². The number of rotatable bonds is 2. The van der Waals surface area contributed by atoms with Gasteiger partial charge < -0.3 is 5.73 Å². The number of benzene rings is 1. The Bertz CT molecular complexity index is 266. The lowest BCUT2D eigenvalue weighted by atomic mass is 9.98. The van der Waals surface area contributed by atoms with Crippen molar-refractivity contribution in [3.05, 3.63) is 40.6 Å². The first kappa shape index (κ1) is 9.27. The molecule has 0 saturated heterocycles. The zero-order valence-corrected chi connectivity index (χ0v) is 8.02. The van der Waals surface area contributed by atoms with Crippen LogP contribution < -0.4 is 0 Å². The summed E-state index contributed by atoms with van der Waals surface area (Å²) >= 11 is 0. The molecule has 0 radical (unpaired) electrons. The molecule has 0 bridgehead atoms. The van der Waals surface area contributed by atoms with Gasteiger partial charge in [0.2, 0.25) is 0 Å². The summed E-state index contributed by atoms with van der Waals surface area (Å²) in [5.41, 5.74) is 11.5. The van der Waals surface area contributed by atoms with Crippen LogP contribution in [-0.2, 0) is 0 Å². The fraction of sp³-hybridized carbons (Fsp3) is 0.455. The van der Waals surface area contributed by atoms with Crippen LogP contribution in [0.25, 0.3) is 5.73 Å². The molecule has 1 rings (SSSR count). The zero-order chi connectivity index (χ0) is 9.14. The highest BCUT2D eigenvalue weighted by atomic mass is 14.6. The highest BCUT2D eigenvalue weighted by Gasteiger charge is 1.99. The largest absolute Gasteiger partial charge is 0.671 e. The number of hydrogen-bond donors (Lipinski definition) is 0. The van der Waals surface area contributed by atoms with Crippen LogP contribution >= 0.6 is 0 Å². The van der Waals surface area contributed by atoms with Gasteiger partial charge in [-0.2, -0.15) is 0 Å². The van der Waals surface area contributed by atoms with Crippen LogP contribution in [0, 0.1) is 13.8 Å². The van der Waals surface area contributed by atoms with Crippen LogP contribution in [0.5, 0.6) is 0 Å². The lowest BCUT2D eigenvalue weighted by Gasteiger charge is -2.20. The summed E-state index contributed by atoms with van der Waals surface area (Å²) in [6, 6.07) is 6.25. The number of aryl methyl sites for hydroxylation is 2. The molecule has 12 heavy (non-hydrogen) atoms. The smallest absolute Gasteiger partial charge is 0.0395 e. The van der Waals surface area contributed by atoms with Crippen LogP contribution in [0.4, 0.5) is 0 Å². The van der Waals surface area contributed by atoms with E-state index in [4.69, 9.17) is 5.73 Å². The van der Waals surface area contributed by atoms with Gasteiger partial charge in [0, 0.05) is 0 Å². The Morgan fingerprint density at radius 1 is 1.33 bits per heavy atom. The molecule has 0 saturated carbocycles. The van der Waals surface area contributed by atoms with Gasteiger partial charge in [0.15, 0.2) is 0 Å². The van der Waals surface area contributed by atoms with Crippen LogP contribution in [0.15, 0.2) is 18.2 Å². The summed E-state index contributed by atoms with van der Waals surface area (Å²) in [6.45, 7) is 6.22. The molecule has 0 fully saturated rings. The van der Waals surface area contributed by atoms with Gasteiger partial charge in [0.1, 0.15) is 0 Å². The average molecular weight is 162 g/mol. The minimum absolute atomic E-state index is 0.0504. The summed E-state index contributed by atoms with van der Waals surface area (Å²) in [5, 5.41) is 0. The van der Waals surface area contributed by atoms with Crippen molar-refractivity contribution < 1.29 is 0 Å². The van der Waals surface area contributed by atoms with Gasteiger partial charge in [-0.1, -0.05) is 42.7 Å². The second-order valence-electron chi connectivity index (χ2n) is 3.32. The Morgan fingerprint density at radius 3 is 2.50 bits per heavy atom. The third-order valence-electron chi connectivity index (χ3n) is 2.21. The lowest BCUT2D eigenvalue weighted by molar-refractivity contribution is 0.802. The number of nitrogens with one attached hydrogen (secondary N) is 1. The first-order chi connectivity index (χ1) is 5.65. The maximum absolute atomic E-state index is 7.77. The highest BCUT2D eigenvalue weighted by Crippen LogP contribution is 2.23. The Balaban J connectivity index is 3.01. The van der Waals surface area contributed by atoms with E-state index in [9.17, 15) is 0 Å². The van der Waals surface area contributed by atoms with E-state index in [1.807, 2.05) is 0 Å². The van der Waals surface area contributed by atoms with Gasteiger partial charge in [0.25, 0.3) is 0 Å². The molecule has 0 aliphatic carbocycles. The Morgan fingerprint density at radius 2 is 2.00 bits per heavy atom. The van der Waals surface area contributed by atoms with Crippen LogP contribution in [-0.4, -0.2) is 0 Å². The molecule has 1 N–H and O–H groups in total. The number of hydrogen-bond acceptors (Lipinski definition) is 0. The summed E-state index contributed by atoms with van der Waals surface area (Å²) in [4.78, 5) is 0. The molecule has 1 unspecified atom stereocenters. The van der Waals surface area contributed by atoms with E-state index in [0.717, 1.165) is 6.42 Å². The summed E-state index contributed by atoms with van der Waals surface area (Å²) in [5.74, 6) is 0. The first-order valence-corrected chi connectivity index (χ1v) is 4.43. The van der Waals surface area contributed by atoms with Crippen LogP contribution in [0.3, 0.4) is 0 Å². The normalized spacial score (nSPS) is 13.0. The summed E-state index contributed by atoms with van der Waals surface area (Å²) in [6.07, 6.45) is 0.893. The van der Waals surface area contributed by atoms with Gasteiger partial charge >= 0.3 is 0 Å². The molecule has 1 heteroatoms.